The van der Waals surface area contributed by atoms with Gasteiger partial charge in [0.1, 0.15) is 0 Å². The Labute approximate surface area is 741 Å². The van der Waals surface area contributed by atoms with Gasteiger partial charge in [-0.1, -0.05) is 64.2 Å². The molecule has 0 radical (unpaired) electrons. The molecule has 0 bridgehead atoms. The van der Waals surface area contributed by atoms with E-state index in [4.69, 9.17) is 68.4 Å². The molecule has 7 saturated heterocycles. The summed E-state index contributed by atoms with van der Waals surface area (Å²) in [6.45, 7) is 31.5. The molecule has 0 aliphatic carbocycles. The standard InChI is InChI=1S/C26H31N7.C16H20BNO2.C16H23BrN6.C12H24B2O4.C10H8ClN.C9H5ClIN/c1-19-3-4-25-23(15-19)22(5-8-27-25)24-17-29-33-18-21(16-28-26(24)33)31-9-6-20(7-10-31)32-13-11-30(2)12-14-32;1-11-6-7-14-12(10-11)13(8-9-18-14)17-19-15(2,3)16(4,5)20-17;1-20-6-8-22(9-7-20)13-2-4-21(5-3-13)14-10-18-16-15(17)11-19-23(16)12-14;1-9(2)10(3,4)16-13(15-9)14-17-11(5,6)12(7,8)18-14;1-7-2-3-10-8(6-7)9(11)4-5-12-10;10-8-3-4-12-9-2-1-6(11)5-7(8)9/h3-5,8,15-18,20H,6-7,9-14H2,1-2H3;6-10H,1-5H3;10-13H,2-9H2,1H3;1-8H3;2-6H,1H3;1-5H/i2*1D3;;;1D3;. The van der Waals surface area contributed by atoms with Crippen LogP contribution in [-0.4, -0.2) is 228 Å². The number of piperidine rings is 2. The SMILES string of the molecule is CC1(C)OB(B2OC(C)(C)C(C)(C)O2)OC1(C)C.CN1CCN(C2CCN(c3cnc4c(Br)cnn4c3)CC2)CC1.Clc1ccnc2ccc(I)cc12.[2H]C([2H])([2H])c1ccc2nccc(-c3cnn4cc(N5CCC(N6CCN(C)CC6)CC5)cnc34)c2c1.[2H]C([2H])([2H])c1ccc2nccc(B3OC(C)(C)C(C)(C)O3)c2c1.[2H]C([2H])([2H])c1ccc2nccc(Cl)c2c1. The molecule has 12 aromatic rings. The maximum Gasteiger partial charge on any atom is 0.495 e. The third kappa shape index (κ3) is 19.7. The molecule has 0 amide bonds. The topological polar surface area (TPSA) is 187 Å². The van der Waals surface area contributed by atoms with E-state index in [1.54, 1.807) is 97.7 Å². The summed E-state index contributed by atoms with van der Waals surface area (Å²) in [6, 6.07) is 29.5. The largest absolute Gasteiger partial charge is 0.495 e. The number of fused-ring (bicyclic) bond motifs is 6. The molecule has 4 aromatic carbocycles. The minimum atomic E-state index is -2.17. The molecule has 29 heteroatoms. The van der Waals surface area contributed by atoms with Crippen molar-refractivity contribution in [3.8, 4) is 11.1 Å². The van der Waals surface area contributed by atoms with E-state index in [1.165, 1.54) is 74.2 Å². The van der Waals surface area contributed by atoms with Gasteiger partial charge in [-0.05, 0) is 266 Å². The fourth-order valence-corrected chi connectivity index (χ4v) is 16.8. The number of hydrogen-bond acceptors (Lipinski definition) is 20. The fraction of sp³-hybridized carbons (Fsp3) is 0.461. The van der Waals surface area contributed by atoms with Crippen molar-refractivity contribution in [1.29, 1.82) is 0 Å². The summed E-state index contributed by atoms with van der Waals surface area (Å²) >= 11 is 17.7. The summed E-state index contributed by atoms with van der Waals surface area (Å²) in [5, 5.41) is 13.5. The Bertz CT molecular complexity index is 5810. The first-order valence-corrected chi connectivity index (χ1v) is 43.1. The zero-order chi connectivity index (χ0) is 91.3. The number of rotatable bonds is 7. The molecule has 22 nitrogen and oxygen atoms in total. The number of likely N-dealkylation sites (N-methyl/N-ethyl adjacent to an activating group) is 2. The number of nitrogens with zero attached hydrogens (tertiary/aromatic N) is 16. The van der Waals surface area contributed by atoms with Gasteiger partial charge in [-0.3, -0.25) is 29.7 Å². The Hall–Kier alpha value is -7.06. The first kappa shape index (κ1) is 75.9. The van der Waals surface area contributed by atoms with Crippen molar-refractivity contribution in [3.63, 3.8) is 0 Å². The van der Waals surface area contributed by atoms with E-state index in [1.807, 2.05) is 141 Å². The molecule has 0 spiro atoms. The number of benzene rings is 4. The molecule has 7 aliphatic rings. The highest BCUT2D eigenvalue weighted by molar-refractivity contribution is 14.1. The first-order chi connectivity index (χ1) is 59.7. The van der Waals surface area contributed by atoms with Crippen LogP contribution < -0.4 is 15.3 Å². The van der Waals surface area contributed by atoms with Gasteiger partial charge in [-0.25, -0.2) is 19.0 Å². The van der Waals surface area contributed by atoms with Crippen LogP contribution in [-0.2, 0) is 27.9 Å². The summed E-state index contributed by atoms with van der Waals surface area (Å²) in [7, 11) is 2.93. The van der Waals surface area contributed by atoms with Crippen molar-refractivity contribution < 1.29 is 40.3 Å². The number of anilines is 2. The zero-order valence-corrected chi connectivity index (χ0v) is 75.1. The molecule has 118 heavy (non-hydrogen) atoms. The Morgan fingerprint density at radius 2 is 0.797 bits per heavy atom. The van der Waals surface area contributed by atoms with E-state index in [2.05, 4.69) is 130 Å². The van der Waals surface area contributed by atoms with Gasteiger partial charge in [0.15, 0.2) is 11.3 Å². The molecule has 7 aliphatic heterocycles. The smallest absolute Gasteiger partial charge is 0.405 e. The van der Waals surface area contributed by atoms with Crippen LogP contribution in [0.2, 0.25) is 10.0 Å². The van der Waals surface area contributed by atoms with Crippen LogP contribution in [0.3, 0.4) is 0 Å². The first-order valence-electron chi connectivity index (χ1n) is 45.0. The second-order valence-corrected chi connectivity index (χ2v) is 37.3. The molecule has 620 valence electrons. The highest BCUT2D eigenvalue weighted by Gasteiger charge is 2.64. The van der Waals surface area contributed by atoms with Crippen molar-refractivity contribution in [2.45, 2.75) is 175 Å². The highest BCUT2D eigenvalue weighted by atomic mass is 127. The van der Waals surface area contributed by atoms with E-state index in [9.17, 15) is 0 Å². The van der Waals surface area contributed by atoms with Crippen LogP contribution in [0.1, 0.15) is 138 Å². The summed E-state index contributed by atoms with van der Waals surface area (Å²) in [5.74, 6) is 0. The lowest BCUT2D eigenvalue weighted by Crippen LogP contribution is -2.52. The van der Waals surface area contributed by atoms with E-state index in [0.717, 1.165) is 121 Å². The average Bonchev–Trinajstić information content (AvgIpc) is 1.61. The van der Waals surface area contributed by atoms with Crippen LogP contribution in [0, 0.1) is 24.1 Å². The second kappa shape index (κ2) is 36.2. The molecule has 0 atom stereocenters. The Kier molecular flexibility index (Phi) is 23.3. The lowest BCUT2D eigenvalue weighted by molar-refractivity contribution is 0.00578. The summed E-state index contributed by atoms with van der Waals surface area (Å²) < 4.78 is 110. The summed E-state index contributed by atoms with van der Waals surface area (Å²) in [4.78, 5) is 41.4. The Morgan fingerprint density at radius 3 is 1.27 bits per heavy atom. The van der Waals surface area contributed by atoms with Crippen molar-refractivity contribution >= 4 is 155 Å². The van der Waals surface area contributed by atoms with Gasteiger partial charge in [-0.2, -0.15) is 10.2 Å². The molecule has 0 unspecified atom stereocenters. The number of aromatic nitrogens is 10. The minimum absolute atomic E-state index is 0.282. The van der Waals surface area contributed by atoms with Gasteiger partial charge in [-0.15, -0.1) is 0 Å². The number of aryl methyl sites for hydroxylation is 3. The molecule has 19 rings (SSSR count). The van der Waals surface area contributed by atoms with E-state index < -0.39 is 52.9 Å². The van der Waals surface area contributed by atoms with Crippen molar-refractivity contribution in [1.82, 2.24) is 68.7 Å². The zero-order valence-electron chi connectivity index (χ0n) is 78.8. The predicted molar refractivity (Wildman–Crippen MR) is 493 cm³/mol. The van der Waals surface area contributed by atoms with Crippen molar-refractivity contribution in [3.05, 3.63) is 194 Å². The lowest BCUT2D eigenvalue weighted by atomic mass is 9.49. The van der Waals surface area contributed by atoms with E-state index >= 15 is 0 Å². The fourth-order valence-electron chi connectivity index (χ4n) is 15.5. The third-order valence-electron chi connectivity index (χ3n) is 24.8. The average molecular weight is 1820 g/mol. The number of halogens is 4. The van der Waals surface area contributed by atoms with Gasteiger partial charge in [0.2, 0.25) is 0 Å². The quantitative estimate of drug-likeness (QED) is 0.108. The van der Waals surface area contributed by atoms with Crippen LogP contribution >= 0.6 is 61.7 Å². The third-order valence-corrected chi connectivity index (χ3v) is 26.7. The van der Waals surface area contributed by atoms with E-state index in [0.29, 0.717) is 27.5 Å². The molecule has 0 N–H and O–H groups in total. The summed E-state index contributed by atoms with van der Waals surface area (Å²) in [6.07, 6.45) is 23.2. The second-order valence-electron chi connectivity index (χ2n) is 34.4. The van der Waals surface area contributed by atoms with Gasteiger partial charge in [0.05, 0.1) is 119 Å². The van der Waals surface area contributed by atoms with Crippen molar-refractivity contribution in [2.24, 2.45) is 0 Å². The molecular formula is C89H111B3BrCl2IN16O6. The Balaban J connectivity index is 0.000000128. The van der Waals surface area contributed by atoms with Crippen LogP contribution in [0.25, 0.3) is 66.0 Å². The van der Waals surface area contributed by atoms with Crippen LogP contribution in [0.15, 0.2) is 164 Å². The normalized spacial score (nSPS) is 21.6. The van der Waals surface area contributed by atoms with Crippen LogP contribution in [0.5, 0.6) is 0 Å². The van der Waals surface area contributed by atoms with Crippen LogP contribution in [0.4, 0.5) is 11.4 Å². The number of piperazine rings is 2. The van der Waals surface area contributed by atoms with Gasteiger partial charge >= 0.3 is 21.1 Å². The van der Waals surface area contributed by atoms with Crippen molar-refractivity contribution in [2.75, 3.05) is 102 Å². The molecular weight excluding hydrogens is 1700 g/mol. The van der Waals surface area contributed by atoms with Gasteiger partial charge in [0, 0.05) is 158 Å². The van der Waals surface area contributed by atoms with Gasteiger partial charge in [0.25, 0.3) is 0 Å². The molecule has 15 heterocycles. The maximum absolute atomic E-state index is 7.80. The Morgan fingerprint density at radius 1 is 0.415 bits per heavy atom. The monoisotopic (exact) mass is 1820 g/mol. The molecule has 0 saturated carbocycles. The summed E-state index contributed by atoms with van der Waals surface area (Å²) in [5.41, 5.74) is 8.09. The minimum Gasteiger partial charge on any atom is -0.405 e. The van der Waals surface area contributed by atoms with Gasteiger partial charge < -0.3 is 47.5 Å². The van der Waals surface area contributed by atoms with E-state index in [-0.39, 0.29) is 33.5 Å². The molecule has 8 aromatic heterocycles. The maximum atomic E-state index is 7.80. The highest BCUT2D eigenvalue weighted by Crippen LogP contribution is 2.44. The number of hydrogen-bond donors (Lipinski definition) is 0. The number of pyridine rings is 4. The lowest BCUT2D eigenvalue weighted by Gasteiger charge is -2.42. The molecule has 7 fully saturated rings. The predicted octanol–water partition coefficient (Wildman–Crippen LogP) is 17.0.